The Balaban J connectivity index is 1.21. The van der Waals surface area contributed by atoms with Gasteiger partial charge in [0, 0.05) is 31.0 Å². The van der Waals surface area contributed by atoms with Crippen molar-refractivity contribution in [3.05, 3.63) is 129 Å². The Kier molecular flexibility index (Phi) is 8.37. The summed E-state index contributed by atoms with van der Waals surface area (Å²) >= 11 is 0. The maximum atomic E-state index is 14.5. The summed E-state index contributed by atoms with van der Waals surface area (Å²) in [5.41, 5.74) is 2.00. The number of amides is 1. The van der Waals surface area contributed by atoms with Gasteiger partial charge in [-0.3, -0.25) is 14.2 Å². The number of pyridine rings is 2. The van der Waals surface area contributed by atoms with E-state index in [-0.39, 0.29) is 28.6 Å². The van der Waals surface area contributed by atoms with Gasteiger partial charge in [-0.1, -0.05) is 18.2 Å². The molecule has 1 fully saturated rings. The van der Waals surface area contributed by atoms with Crippen molar-refractivity contribution in [2.24, 2.45) is 0 Å². The maximum absolute atomic E-state index is 14.5. The van der Waals surface area contributed by atoms with E-state index in [4.69, 9.17) is 0 Å². The third-order valence-corrected chi connectivity index (χ3v) is 8.91. The van der Waals surface area contributed by atoms with Crippen molar-refractivity contribution in [2.75, 3.05) is 14.1 Å². The fraction of sp³-hybridized carbons (Fsp3) is 0.250. The second-order valence-electron chi connectivity index (χ2n) is 12.6. The number of nitrogens with zero attached hydrogens (tertiary/aromatic N) is 6. The highest BCUT2D eigenvalue weighted by molar-refractivity contribution is 5.93. The molecule has 0 saturated heterocycles. The van der Waals surface area contributed by atoms with Gasteiger partial charge in [0.2, 0.25) is 0 Å². The molecule has 6 aromatic rings. The fourth-order valence-electron chi connectivity index (χ4n) is 6.68. The first-order chi connectivity index (χ1) is 23.5. The van der Waals surface area contributed by atoms with Gasteiger partial charge < -0.3 is 14.6 Å². The second-order valence-corrected chi connectivity index (χ2v) is 12.6. The zero-order valence-electron chi connectivity index (χ0n) is 26.7. The number of fused-ring (bicyclic) bond motifs is 2. The smallest absolute Gasteiger partial charge is 0.337 e. The summed E-state index contributed by atoms with van der Waals surface area (Å²) in [6.07, 6.45) is 5.40. The molecule has 7 rings (SSSR count). The van der Waals surface area contributed by atoms with Gasteiger partial charge in [-0.15, -0.1) is 0 Å². The molecule has 4 aromatic heterocycles. The number of benzene rings is 2. The zero-order valence-corrected chi connectivity index (χ0v) is 26.7. The summed E-state index contributed by atoms with van der Waals surface area (Å²) in [6.45, 7) is 0.480. The standard InChI is InChI=1S/C36H32F3N7O3/c1-43(2)18-22-14-23(37)6-12-29(22)21-4-3-5-28(15-21)45-33-30(16-25(39)17-40-33)35(48)46(36(45)49)27-10-8-26(9-11-27)41-34(47)31-20-44-19-24(38)7-13-32(44)42-31/h3-7,12-17,19-20,26-27H,8-11,18H2,1-2H3,(H,41,47)/t26-,27+. The Morgan fingerprint density at radius 3 is 2.47 bits per heavy atom. The van der Waals surface area contributed by atoms with Crippen LogP contribution in [-0.4, -0.2) is 54.4 Å². The van der Waals surface area contributed by atoms with Crippen LogP contribution in [0.2, 0.25) is 0 Å². The summed E-state index contributed by atoms with van der Waals surface area (Å²) in [7, 11) is 3.77. The molecule has 13 heteroatoms. The van der Waals surface area contributed by atoms with E-state index >= 15 is 0 Å². The van der Waals surface area contributed by atoms with Crippen molar-refractivity contribution in [3.63, 3.8) is 0 Å². The van der Waals surface area contributed by atoms with E-state index in [2.05, 4.69) is 15.3 Å². The van der Waals surface area contributed by atoms with Crippen molar-refractivity contribution < 1.29 is 18.0 Å². The Morgan fingerprint density at radius 1 is 0.918 bits per heavy atom. The van der Waals surface area contributed by atoms with Crippen LogP contribution in [0.15, 0.2) is 88.8 Å². The van der Waals surface area contributed by atoms with E-state index in [0.717, 1.165) is 29.0 Å². The quantitative estimate of drug-likeness (QED) is 0.249. The van der Waals surface area contributed by atoms with Crippen molar-refractivity contribution in [2.45, 2.75) is 44.3 Å². The summed E-state index contributed by atoms with van der Waals surface area (Å²) < 4.78 is 46.2. The van der Waals surface area contributed by atoms with Crippen molar-refractivity contribution >= 4 is 22.6 Å². The molecule has 0 spiro atoms. The maximum Gasteiger partial charge on any atom is 0.337 e. The average Bonchev–Trinajstić information content (AvgIpc) is 3.49. The molecular formula is C36H32F3N7O3. The third kappa shape index (κ3) is 6.24. The number of halogens is 3. The topological polar surface area (TPSA) is 107 Å². The summed E-state index contributed by atoms with van der Waals surface area (Å²) in [4.78, 5) is 51.4. The van der Waals surface area contributed by atoms with Crippen LogP contribution < -0.4 is 16.6 Å². The van der Waals surface area contributed by atoms with Crippen LogP contribution in [0.5, 0.6) is 0 Å². The van der Waals surface area contributed by atoms with E-state index in [1.54, 1.807) is 24.3 Å². The van der Waals surface area contributed by atoms with E-state index in [1.807, 2.05) is 25.1 Å². The molecule has 1 amide bonds. The van der Waals surface area contributed by atoms with Crippen molar-refractivity contribution in [1.29, 1.82) is 0 Å². The highest BCUT2D eigenvalue weighted by Gasteiger charge is 2.29. The SMILES string of the molecule is CN(C)Cc1cc(F)ccc1-c1cccc(-n2c(=O)n([C@H]3CC[C@@H](NC(=O)c4cn5cc(F)ccc5n4)CC3)c(=O)c3cc(F)cnc32)c1. The van der Waals surface area contributed by atoms with Crippen molar-refractivity contribution in [3.8, 4) is 16.8 Å². The average molecular weight is 668 g/mol. The molecule has 1 N–H and O–H groups in total. The third-order valence-electron chi connectivity index (χ3n) is 8.91. The Hall–Kier alpha value is -5.56. The Morgan fingerprint density at radius 2 is 1.69 bits per heavy atom. The van der Waals surface area contributed by atoms with E-state index in [0.29, 0.717) is 43.6 Å². The van der Waals surface area contributed by atoms with Crippen LogP contribution in [0.3, 0.4) is 0 Å². The number of aromatic nitrogens is 5. The largest absolute Gasteiger partial charge is 0.348 e. The number of hydrogen-bond donors (Lipinski definition) is 1. The molecule has 0 aliphatic heterocycles. The van der Waals surface area contributed by atoms with Gasteiger partial charge in [0.05, 0.1) is 17.3 Å². The highest BCUT2D eigenvalue weighted by Crippen LogP contribution is 2.30. The number of imidazole rings is 1. The molecule has 0 atom stereocenters. The molecule has 2 aromatic carbocycles. The number of rotatable bonds is 7. The molecule has 1 saturated carbocycles. The second kappa shape index (κ2) is 12.8. The highest BCUT2D eigenvalue weighted by atomic mass is 19.1. The normalized spacial score (nSPS) is 16.4. The Bertz CT molecular complexity index is 2360. The minimum Gasteiger partial charge on any atom is -0.348 e. The molecule has 0 bridgehead atoms. The molecule has 0 unspecified atom stereocenters. The number of hydrogen-bond acceptors (Lipinski definition) is 6. The monoisotopic (exact) mass is 667 g/mol. The summed E-state index contributed by atoms with van der Waals surface area (Å²) in [5, 5.41) is 2.92. The minimum atomic E-state index is -0.712. The van der Waals surface area contributed by atoms with Crippen LogP contribution in [-0.2, 0) is 6.54 Å². The summed E-state index contributed by atoms with van der Waals surface area (Å²) in [6, 6.07) is 14.7. The van der Waals surface area contributed by atoms with Crippen LogP contribution >= 0.6 is 0 Å². The number of carbonyl (C=O) groups excluding carboxylic acids is 1. The fourth-order valence-corrected chi connectivity index (χ4v) is 6.68. The van der Waals surface area contributed by atoms with Crippen LogP contribution in [0, 0.1) is 17.5 Å². The van der Waals surface area contributed by atoms with Gasteiger partial charge in [0.1, 0.15) is 28.8 Å². The van der Waals surface area contributed by atoms with Crippen LogP contribution in [0.25, 0.3) is 33.5 Å². The molecule has 10 nitrogen and oxygen atoms in total. The number of carbonyl (C=O) groups is 1. The van der Waals surface area contributed by atoms with Gasteiger partial charge in [0.25, 0.3) is 11.5 Å². The van der Waals surface area contributed by atoms with Gasteiger partial charge in [-0.05, 0) is 98.9 Å². The minimum absolute atomic E-state index is 0.0192. The first kappa shape index (κ1) is 32.0. The Labute approximate surface area is 278 Å². The number of nitrogens with one attached hydrogen (secondary N) is 1. The molecule has 4 heterocycles. The molecular weight excluding hydrogens is 635 g/mol. The molecule has 0 radical (unpaired) electrons. The van der Waals surface area contributed by atoms with E-state index in [1.165, 1.54) is 50.2 Å². The van der Waals surface area contributed by atoms with Gasteiger partial charge in [-0.2, -0.15) is 0 Å². The van der Waals surface area contributed by atoms with E-state index in [9.17, 15) is 27.6 Å². The predicted octanol–water partition coefficient (Wildman–Crippen LogP) is 5.25. The van der Waals surface area contributed by atoms with E-state index < -0.39 is 34.8 Å². The van der Waals surface area contributed by atoms with Crippen LogP contribution in [0.4, 0.5) is 13.2 Å². The lowest BCUT2D eigenvalue weighted by Gasteiger charge is -2.30. The summed E-state index contributed by atoms with van der Waals surface area (Å²) in [5.74, 6) is -1.94. The van der Waals surface area contributed by atoms with Gasteiger partial charge in [0.15, 0.2) is 5.65 Å². The lowest BCUT2D eigenvalue weighted by Crippen LogP contribution is -2.45. The molecule has 250 valence electrons. The molecule has 1 aliphatic carbocycles. The first-order valence-corrected chi connectivity index (χ1v) is 15.9. The van der Waals surface area contributed by atoms with Gasteiger partial charge in [-0.25, -0.2) is 32.5 Å². The van der Waals surface area contributed by atoms with Gasteiger partial charge >= 0.3 is 5.69 Å². The zero-order chi connectivity index (χ0) is 34.4. The van der Waals surface area contributed by atoms with Crippen molar-refractivity contribution in [1.82, 2.24) is 33.7 Å². The lowest BCUT2D eigenvalue weighted by atomic mass is 9.90. The lowest BCUT2D eigenvalue weighted by molar-refractivity contribution is 0.0917. The first-order valence-electron chi connectivity index (χ1n) is 15.9. The molecule has 49 heavy (non-hydrogen) atoms. The molecule has 1 aliphatic rings. The predicted molar refractivity (Wildman–Crippen MR) is 178 cm³/mol. The van der Waals surface area contributed by atoms with Crippen LogP contribution in [0.1, 0.15) is 47.8 Å².